The van der Waals surface area contributed by atoms with Gasteiger partial charge in [-0.3, -0.25) is 9.36 Å². The summed E-state index contributed by atoms with van der Waals surface area (Å²) in [4.78, 5) is 19.2. The van der Waals surface area contributed by atoms with Gasteiger partial charge in [-0.15, -0.1) is 11.3 Å². The molecule has 18 heavy (non-hydrogen) atoms. The topological polar surface area (TPSA) is 34.9 Å². The van der Waals surface area contributed by atoms with Crippen LogP contribution in [0.5, 0.6) is 0 Å². The largest absolute Gasteiger partial charge is 0.296 e. The first kappa shape index (κ1) is 13.3. The van der Waals surface area contributed by atoms with E-state index in [-0.39, 0.29) is 5.56 Å². The molecular formula is C14H20N2OS. The maximum atomic E-state index is 12.5. The highest BCUT2D eigenvalue weighted by atomic mass is 32.1. The number of fused-ring (bicyclic) bond motifs is 1. The molecule has 0 aromatic carbocycles. The molecule has 0 unspecified atom stereocenters. The molecule has 0 spiro atoms. The number of rotatable bonds is 4. The van der Waals surface area contributed by atoms with Crippen molar-refractivity contribution in [2.24, 2.45) is 0 Å². The van der Waals surface area contributed by atoms with Crippen LogP contribution in [0, 0.1) is 20.8 Å². The van der Waals surface area contributed by atoms with E-state index in [4.69, 9.17) is 0 Å². The highest BCUT2D eigenvalue weighted by Gasteiger charge is 2.13. The number of hydrogen-bond acceptors (Lipinski definition) is 3. The minimum absolute atomic E-state index is 0.135. The molecule has 0 aliphatic heterocycles. The Bertz CT molecular complexity index is 625. The van der Waals surface area contributed by atoms with Gasteiger partial charge in [-0.2, -0.15) is 0 Å². The maximum absolute atomic E-state index is 12.5. The van der Waals surface area contributed by atoms with E-state index in [1.54, 1.807) is 11.3 Å². The first-order valence-electron chi connectivity index (χ1n) is 6.53. The normalized spacial score (nSPS) is 11.3. The van der Waals surface area contributed by atoms with Gasteiger partial charge in [0.25, 0.3) is 5.56 Å². The zero-order chi connectivity index (χ0) is 13.3. The van der Waals surface area contributed by atoms with Gasteiger partial charge in [-0.05, 0) is 32.8 Å². The van der Waals surface area contributed by atoms with Crippen LogP contribution in [-0.2, 0) is 6.54 Å². The molecule has 0 N–H and O–H groups in total. The second-order valence-corrected chi connectivity index (χ2v) is 5.99. The van der Waals surface area contributed by atoms with Crippen LogP contribution in [0.3, 0.4) is 0 Å². The van der Waals surface area contributed by atoms with Crippen molar-refractivity contribution in [2.45, 2.75) is 53.5 Å². The Morgan fingerprint density at radius 2 is 1.94 bits per heavy atom. The second-order valence-electron chi connectivity index (χ2n) is 4.79. The van der Waals surface area contributed by atoms with Crippen LogP contribution in [0.1, 0.15) is 42.5 Å². The van der Waals surface area contributed by atoms with E-state index in [9.17, 15) is 4.79 Å². The first-order chi connectivity index (χ1) is 8.56. The Hall–Kier alpha value is -1.16. The van der Waals surface area contributed by atoms with Crippen molar-refractivity contribution < 1.29 is 0 Å². The molecule has 98 valence electrons. The van der Waals surface area contributed by atoms with Gasteiger partial charge in [0.15, 0.2) is 0 Å². The lowest BCUT2D eigenvalue weighted by molar-refractivity contribution is 0.570. The van der Waals surface area contributed by atoms with Gasteiger partial charge in [-0.1, -0.05) is 19.8 Å². The van der Waals surface area contributed by atoms with Crippen LogP contribution >= 0.6 is 11.3 Å². The summed E-state index contributed by atoms with van der Waals surface area (Å²) in [5.74, 6) is 0.838. The minimum Gasteiger partial charge on any atom is -0.296 e. The third-order valence-corrected chi connectivity index (χ3v) is 4.57. The molecule has 2 aromatic heterocycles. The van der Waals surface area contributed by atoms with Gasteiger partial charge in [0.2, 0.25) is 0 Å². The predicted molar refractivity (Wildman–Crippen MR) is 77.6 cm³/mol. The highest BCUT2D eigenvalue weighted by Crippen LogP contribution is 2.26. The SMILES string of the molecule is CCCCCn1c(C)nc2sc(C)c(C)c2c1=O. The summed E-state index contributed by atoms with van der Waals surface area (Å²) >= 11 is 1.62. The van der Waals surface area contributed by atoms with Crippen molar-refractivity contribution in [2.75, 3.05) is 0 Å². The molecule has 0 fully saturated rings. The average molecular weight is 264 g/mol. The van der Waals surface area contributed by atoms with Gasteiger partial charge < -0.3 is 0 Å². The lowest BCUT2D eigenvalue weighted by Gasteiger charge is -2.09. The number of nitrogens with zero attached hydrogens (tertiary/aromatic N) is 2. The third kappa shape index (κ3) is 2.21. The molecule has 0 aliphatic rings. The zero-order valence-electron chi connectivity index (χ0n) is 11.5. The van der Waals surface area contributed by atoms with Crippen molar-refractivity contribution in [1.82, 2.24) is 9.55 Å². The molecule has 2 aromatic rings. The van der Waals surface area contributed by atoms with Crippen LogP contribution in [0.25, 0.3) is 10.2 Å². The minimum atomic E-state index is 0.135. The predicted octanol–water partition coefficient (Wildman–Crippen LogP) is 3.57. The van der Waals surface area contributed by atoms with Crippen molar-refractivity contribution in [3.05, 3.63) is 26.6 Å². The molecule has 0 bridgehead atoms. The fourth-order valence-corrected chi connectivity index (χ4v) is 3.28. The summed E-state index contributed by atoms with van der Waals surface area (Å²) in [6.45, 7) is 8.96. The lowest BCUT2D eigenvalue weighted by Crippen LogP contribution is -2.23. The first-order valence-corrected chi connectivity index (χ1v) is 7.35. The standard InChI is InChI=1S/C14H20N2OS/c1-5-6-7-8-16-11(4)15-13-12(14(16)17)9(2)10(3)18-13/h5-8H2,1-4H3. The monoisotopic (exact) mass is 264 g/mol. The maximum Gasteiger partial charge on any atom is 0.262 e. The average Bonchev–Trinajstić information content (AvgIpc) is 2.59. The Morgan fingerprint density at radius 1 is 1.22 bits per heavy atom. The van der Waals surface area contributed by atoms with Crippen LogP contribution in [-0.4, -0.2) is 9.55 Å². The van der Waals surface area contributed by atoms with Gasteiger partial charge in [0.05, 0.1) is 5.39 Å². The Kier molecular flexibility index (Phi) is 3.85. The van der Waals surface area contributed by atoms with Crippen LogP contribution in [0.4, 0.5) is 0 Å². The van der Waals surface area contributed by atoms with Crippen molar-refractivity contribution in [3.63, 3.8) is 0 Å². The van der Waals surface area contributed by atoms with E-state index >= 15 is 0 Å². The summed E-state index contributed by atoms with van der Waals surface area (Å²) in [6.07, 6.45) is 3.37. The van der Waals surface area contributed by atoms with Gasteiger partial charge in [0, 0.05) is 11.4 Å². The molecule has 3 nitrogen and oxygen atoms in total. The van der Waals surface area contributed by atoms with Crippen LogP contribution < -0.4 is 5.56 Å². The van der Waals surface area contributed by atoms with Crippen LogP contribution in [0.15, 0.2) is 4.79 Å². The third-order valence-electron chi connectivity index (χ3n) is 3.46. The van der Waals surface area contributed by atoms with Crippen molar-refractivity contribution >= 4 is 21.6 Å². The highest BCUT2D eigenvalue weighted by molar-refractivity contribution is 7.18. The lowest BCUT2D eigenvalue weighted by atomic mass is 10.2. The van der Waals surface area contributed by atoms with Gasteiger partial charge >= 0.3 is 0 Å². The van der Waals surface area contributed by atoms with E-state index in [1.807, 2.05) is 18.4 Å². The fourth-order valence-electron chi connectivity index (χ4n) is 2.21. The molecule has 0 saturated heterocycles. The molecule has 2 rings (SSSR count). The summed E-state index contributed by atoms with van der Waals surface area (Å²) in [7, 11) is 0. The molecule has 0 amide bonds. The summed E-state index contributed by atoms with van der Waals surface area (Å²) in [6, 6.07) is 0. The van der Waals surface area contributed by atoms with E-state index in [1.165, 1.54) is 11.3 Å². The molecule has 0 aliphatic carbocycles. The Morgan fingerprint density at radius 3 is 2.61 bits per heavy atom. The number of unbranched alkanes of at least 4 members (excludes halogenated alkanes) is 2. The number of hydrogen-bond donors (Lipinski definition) is 0. The number of thiophene rings is 1. The molecule has 0 atom stereocenters. The second kappa shape index (κ2) is 5.22. The summed E-state index contributed by atoms with van der Waals surface area (Å²) in [5, 5.41) is 0.819. The van der Waals surface area contributed by atoms with E-state index in [0.717, 1.165) is 41.0 Å². The van der Waals surface area contributed by atoms with Gasteiger partial charge in [0.1, 0.15) is 10.7 Å². The molecular weight excluding hydrogens is 244 g/mol. The smallest absolute Gasteiger partial charge is 0.262 e. The molecule has 4 heteroatoms. The number of aryl methyl sites for hydroxylation is 3. The zero-order valence-corrected chi connectivity index (χ0v) is 12.4. The Labute approximate surface area is 111 Å². The van der Waals surface area contributed by atoms with E-state index in [2.05, 4.69) is 18.8 Å². The van der Waals surface area contributed by atoms with Crippen molar-refractivity contribution in [3.8, 4) is 0 Å². The molecule has 0 radical (unpaired) electrons. The quantitative estimate of drug-likeness (QED) is 0.791. The van der Waals surface area contributed by atoms with Crippen molar-refractivity contribution in [1.29, 1.82) is 0 Å². The van der Waals surface area contributed by atoms with E-state index in [0.29, 0.717) is 0 Å². The Balaban J connectivity index is 2.53. The van der Waals surface area contributed by atoms with Gasteiger partial charge in [-0.25, -0.2) is 4.98 Å². The fraction of sp³-hybridized carbons (Fsp3) is 0.571. The molecule has 0 saturated carbocycles. The van der Waals surface area contributed by atoms with E-state index < -0.39 is 0 Å². The summed E-state index contributed by atoms with van der Waals surface area (Å²) < 4.78 is 1.83. The number of aromatic nitrogens is 2. The van der Waals surface area contributed by atoms with Crippen LogP contribution in [0.2, 0.25) is 0 Å². The molecule has 2 heterocycles. The summed E-state index contributed by atoms with van der Waals surface area (Å²) in [5.41, 5.74) is 1.23.